The van der Waals surface area contributed by atoms with E-state index in [-0.39, 0.29) is 17.5 Å². The monoisotopic (exact) mass is 267 g/mol. The molecule has 1 aromatic carbocycles. The molecule has 1 heterocycles. The summed E-state index contributed by atoms with van der Waals surface area (Å²) in [6.07, 6.45) is 0. The van der Waals surface area contributed by atoms with Crippen LogP contribution in [0.2, 0.25) is 0 Å². The molecule has 18 heavy (non-hydrogen) atoms. The smallest absolute Gasteiger partial charge is 0.331 e. The van der Waals surface area contributed by atoms with E-state index in [4.69, 9.17) is 4.74 Å². The number of hydrogen-bond acceptors (Lipinski definition) is 6. The molecule has 1 aliphatic rings. The van der Waals surface area contributed by atoms with Crippen LogP contribution in [0.1, 0.15) is 12.5 Å². The summed E-state index contributed by atoms with van der Waals surface area (Å²) in [6.45, 7) is 2.08. The SMILES string of the molecule is CCOC(=O)C1CSC(c2ccc(O)cc2O)=N1. The van der Waals surface area contributed by atoms with E-state index in [2.05, 4.69) is 4.99 Å². The zero-order valence-electron chi connectivity index (χ0n) is 9.79. The number of carbonyl (C=O) groups excluding carboxylic acids is 1. The first-order valence-corrected chi connectivity index (χ1v) is 6.50. The van der Waals surface area contributed by atoms with Gasteiger partial charge in [0.1, 0.15) is 16.5 Å². The summed E-state index contributed by atoms with van der Waals surface area (Å²) >= 11 is 1.39. The van der Waals surface area contributed by atoms with Gasteiger partial charge < -0.3 is 14.9 Å². The minimum atomic E-state index is -0.516. The number of rotatable bonds is 3. The van der Waals surface area contributed by atoms with Crippen molar-refractivity contribution in [3.05, 3.63) is 23.8 Å². The zero-order valence-corrected chi connectivity index (χ0v) is 10.6. The maximum absolute atomic E-state index is 11.5. The Morgan fingerprint density at radius 3 is 3.00 bits per heavy atom. The highest BCUT2D eigenvalue weighted by Crippen LogP contribution is 2.31. The maximum Gasteiger partial charge on any atom is 0.331 e. The van der Waals surface area contributed by atoms with Gasteiger partial charge in [-0.15, -0.1) is 11.8 Å². The van der Waals surface area contributed by atoms with Crippen molar-refractivity contribution in [2.24, 2.45) is 4.99 Å². The number of hydrogen-bond donors (Lipinski definition) is 2. The fourth-order valence-electron chi connectivity index (χ4n) is 1.58. The lowest BCUT2D eigenvalue weighted by atomic mass is 10.2. The Labute approximate surface area is 108 Å². The van der Waals surface area contributed by atoms with Crippen LogP contribution < -0.4 is 0 Å². The standard InChI is InChI=1S/C12H13NO4S/c1-2-17-12(16)9-6-18-11(13-9)8-4-3-7(14)5-10(8)15/h3-5,9,14-15H,2,6H2,1H3. The van der Waals surface area contributed by atoms with Crippen LogP contribution in [0, 0.1) is 0 Å². The van der Waals surface area contributed by atoms with E-state index >= 15 is 0 Å². The van der Waals surface area contributed by atoms with Crippen LogP contribution in [0.15, 0.2) is 23.2 Å². The lowest BCUT2D eigenvalue weighted by Gasteiger charge is -2.04. The number of phenolic OH excluding ortho intramolecular Hbond substituents is 2. The van der Waals surface area contributed by atoms with E-state index in [1.165, 1.54) is 23.9 Å². The minimum absolute atomic E-state index is 0.0122. The van der Waals surface area contributed by atoms with Gasteiger partial charge in [0.05, 0.1) is 6.61 Å². The Kier molecular flexibility index (Phi) is 3.76. The molecule has 1 unspecified atom stereocenters. The Hall–Kier alpha value is -1.69. The van der Waals surface area contributed by atoms with Crippen LogP contribution in [0.3, 0.4) is 0 Å². The van der Waals surface area contributed by atoms with E-state index in [0.717, 1.165) is 0 Å². The molecular weight excluding hydrogens is 254 g/mol. The molecule has 0 aliphatic carbocycles. The highest BCUT2D eigenvalue weighted by atomic mass is 32.2. The second kappa shape index (κ2) is 5.30. The molecule has 0 saturated heterocycles. The van der Waals surface area contributed by atoms with Crippen molar-refractivity contribution < 1.29 is 19.7 Å². The number of ether oxygens (including phenoxy) is 1. The summed E-state index contributed by atoms with van der Waals surface area (Å²) in [6, 6.07) is 3.77. The van der Waals surface area contributed by atoms with Crippen molar-refractivity contribution in [1.29, 1.82) is 0 Å². The lowest BCUT2D eigenvalue weighted by molar-refractivity contribution is -0.143. The molecule has 0 bridgehead atoms. The van der Waals surface area contributed by atoms with E-state index in [0.29, 0.717) is 23.0 Å². The normalized spacial score (nSPS) is 18.5. The van der Waals surface area contributed by atoms with Crippen LogP contribution in [-0.2, 0) is 9.53 Å². The molecule has 1 aliphatic heterocycles. The van der Waals surface area contributed by atoms with Gasteiger partial charge in [0.15, 0.2) is 6.04 Å². The molecule has 96 valence electrons. The molecule has 0 spiro atoms. The second-order valence-corrected chi connectivity index (χ2v) is 4.72. The summed E-state index contributed by atoms with van der Waals surface area (Å²) in [5, 5.41) is 19.5. The van der Waals surface area contributed by atoms with Gasteiger partial charge in [-0.05, 0) is 19.1 Å². The van der Waals surface area contributed by atoms with Gasteiger partial charge in [0.25, 0.3) is 0 Å². The number of benzene rings is 1. The highest BCUT2D eigenvalue weighted by Gasteiger charge is 2.27. The van der Waals surface area contributed by atoms with E-state index in [1.54, 1.807) is 13.0 Å². The van der Waals surface area contributed by atoms with E-state index in [1.807, 2.05) is 0 Å². The van der Waals surface area contributed by atoms with Crippen LogP contribution in [0.4, 0.5) is 0 Å². The first-order valence-electron chi connectivity index (χ1n) is 5.51. The molecule has 6 heteroatoms. The average Bonchev–Trinajstić information content (AvgIpc) is 2.78. The van der Waals surface area contributed by atoms with Crippen LogP contribution >= 0.6 is 11.8 Å². The molecule has 2 N–H and O–H groups in total. The Morgan fingerprint density at radius 2 is 2.33 bits per heavy atom. The third-order valence-corrected chi connectivity index (χ3v) is 3.50. The van der Waals surface area contributed by atoms with Crippen molar-refractivity contribution >= 4 is 22.8 Å². The predicted octanol–water partition coefficient (Wildman–Crippen LogP) is 1.52. The second-order valence-electron chi connectivity index (χ2n) is 3.71. The molecule has 0 radical (unpaired) electrons. The molecule has 0 saturated carbocycles. The Morgan fingerprint density at radius 1 is 1.56 bits per heavy atom. The molecule has 2 rings (SSSR count). The topological polar surface area (TPSA) is 79.1 Å². The third-order valence-electron chi connectivity index (χ3n) is 2.42. The lowest BCUT2D eigenvalue weighted by Crippen LogP contribution is -2.21. The molecule has 5 nitrogen and oxygen atoms in total. The average molecular weight is 267 g/mol. The summed E-state index contributed by atoms with van der Waals surface area (Å²) < 4.78 is 4.90. The Balaban J connectivity index is 2.20. The number of phenols is 2. The molecule has 1 atom stereocenters. The van der Waals surface area contributed by atoms with E-state index in [9.17, 15) is 15.0 Å². The fourth-order valence-corrected chi connectivity index (χ4v) is 2.64. The van der Waals surface area contributed by atoms with Gasteiger partial charge in [-0.2, -0.15) is 0 Å². The molecular formula is C12H13NO4S. The largest absolute Gasteiger partial charge is 0.508 e. The molecule has 0 fully saturated rings. The Bertz CT molecular complexity index is 501. The zero-order chi connectivity index (χ0) is 13.1. The maximum atomic E-state index is 11.5. The van der Waals surface area contributed by atoms with Gasteiger partial charge in [-0.1, -0.05) is 0 Å². The van der Waals surface area contributed by atoms with E-state index < -0.39 is 6.04 Å². The summed E-state index contributed by atoms with van der Waals surface area (Å²) in [4.78, 5) is 15.7. The fraction of sp³-hybridized carbons (Fsp3) is 0.333. The summed E-state index contributed by atoms with van der Waals surface area (Å²) in [7, 11) is 0. The number of carbonyl (C=O) groups is 1. The third kappa shape index (κ3) is 2.59. The van der Waals surface area contributed by atoms with Crippen molar-refractivity contribution in [3.8, 4) is 11.5 Å². The van der Waals surface area contributed by atoms with Gasteiger partial charge in [0.2, 0.25) is 0 Å². The number of esters is 1. The van der Waals surface area contributed by atoms with Crippen LogP contribution in [0.25, 0.3) is 0 Å². The summed E-state index contributed by atoms with van der Waals surface area (Å²) in [5.41, 5.74) is 0.518. The van der Waals surface area contributed by atoms with Gasteiger partial charge in [-0.3, -0.25) is 4.99 Å². The van der Waals surface area contributed by atoms with Crippen molar-refractivity contribution in [3.63, 3.8) is 0 Å². The van der Waals surface area contributed by atoms with Gasteiger partial charge >= 0.3 is 5.97 Å². The van der Waals surface area contributed by atoms with Crippen molar-refractivity contribution in [2.45, 2.75) is 13.0 Å². The van der Waals surface area contributed by atoms with Crippen LogP contribution in [-0.4, -0.2) is 39.6 Å². The summed E-state index contributed by atoms with van der Waals surface area (Å²) in [5.74, 6) is 0.0971. The van der Waals surface area contributed by atoms with Gasteiger partial charge in [-0.25, -0.2) is 4.79 Å². The van der Waals surface area contributed by atoms with Crippen molar-refractivity contribution in [2.75, 3.05) is 12.4 Å². The highest BCUT2D eigenvalue weighted by molar-refractivity contribution is 8.14. The molecule has 0 amide bonds. The number of thioether (sulfide) groups is 1. The minimum Gasteiger partial charge on any atom is -0.508 e. The van der Waals surface area contributed by atoms with Gasteiger partial charge in [0, 0.05) is 17.4 Å². The first kappa shape index (κ1) is 12.8. The molecule has 1 aromatic rings. The molecule has 0 aromatic heterocycles. The number of aromatic hydroxyl groups is 2. The van der Waals surface area contributed by atoms with Crippen molar-refractivity contribution in [1.82, 2.24) is 0 Å². The first-order chi connectivity index (χ1) is 8.61. The quantitative estimate of drug-likeness (QED) is 0.812. The predicted molar refractivity (Wildman–Crippen MR) is 69.2 cm³/mol. The number of nitrogens with zero attached hydrogens (tertiary/aromatic N) is 1. The van der Waals surface area contributed by atoms with Crippen LogP contribution in [0.5, 0.6) is 11.5 Å². The number of aliphatic imine (C=N–C) groups is 1.